The fraction of sp³-hybridized carbons (Fsp3) is 0.474. The molecule has 0 spiro atoms. The summed E-state index contributed by atoms with van der Waals surface area (Å²) < 4.78 is 5.72. The number of fused-ring (bicyclic) bond motifs is 5. The zero-order valence-electron chi connectivity index (χ0n) is 13.2. The minimum atomic E-state index is -0.422. The predicted molar refractivity (Wildman–Crippen MR) is 82.8 cm³/mol. The lowest BCUT2D eigenvalue weighted by atomic mass is 9.67. The quantitative estimate of drug-likeness (QED) is 0.686. The molecule has 4 rings (SSSR count). The van der Waals surface area contributed by atoms with Crippen LogP contribution in [0.5, 0.6) is 0 Å². The van der Waals surface area contributed by atoms with Crippen LogP contribution in [-0.2, 0) is 21.4 Å². The number of hydrogen-bond donors (Lipinski definition) is 0. The highest BCUT2D eigenvalue weighted by Gasteiger charge is 2.47. The first kappa shape index (κ1) is 13.7. The molecule has 114 valence electrons. The summed E-state index contributed by atoms with van der Waals surface area (Å²) in [4.78, 5) is 25.3. The normalized spacial score (nSPS) is 28.4. The van der Waals surface area contributed by atoms with Crippen LogP contribution in [0.15, 0.2) is 24.0 Å². The Morgan fingerprint density at radius 3 is 2.77 bits per heavy atom. The molecule has 0 amide bonds. The van der Waals surface area contributed by atoms with Crippen molar-refractivity contribution in [3.63, 3.8) is 0 Å². The van der Waals surface area contributed by atoms with Crippen LogP contribution in [0.1, 0.15) is 66.8 Å². The van der Waals surface area contributed by atoms with Gasteiger partial charge in [0.25, 0.3) is 0 Å². The highest BCUT2D eigenvalue weighted by atomic mass is 16.5. The van der Waals surface area contributed by atoms with E-state index in [-0.39, 0.29) is 23.1 Å². The summed E-state index contributed by atoms with van der Waals surface area (Å²) in [6, 6.07) is 4.15. The second kappa shape index (κ2) is 4.31. The second-order valence-corrected chi connectivity index (χ2v) is 7.38. The maximum atomic E-state index is 12.8. The van der Waals surface area contributed by atoms with E-state index >= 15 is 0 Å². The van der Waals surface area contributed by atoms with Crippen LogP contribution in [0.2, 0.25) is 0 Å². The summed E-state index contributed by atoms with van der Waals surface area (Å²) in [5.41, 5.74) is 4.76. The summed E-state index contributed by atoms with van der Waals surface area (Å²) in [6.45, 7) is 6.29. The van der Waals surface area contributed by atoms with E-state index < -0.39 is 5.92 Å². The molecule has 0 radical (unpaired) electrons. The lowest BCUT2D eigenvalue weighted by Gasteiger charge is -2.36. The first-order chi connectivity index (χ1) is 10.4. The Bertz CT molecular complexity index is 739. The standard InChI is InChI=1S/C19H20O3/c1-10-9-22-18-12-6-7-13-11(5-4-8-19(13,2)3)15(12)17(21)16(20)14(10)18/h6-7,9,14,18H,4-5,8H2,1-3H3. The number of carbonyl (C=O) groups excluding carboxylic acids is 2. The molecule has 0 saturated carbocycles. The molecular weight excluding hydrogens is 276 g/mol. The Labute approximate surface area is 130 Å². The minimum Gasteiger partial charge on any atom is -0.492 e. The largest absolute Gasteiger partial charge is 0.492 e. The molecule has 3 nitrogen and oxygen atoms in total. The van der Waals surface area contributed by atoms with Crippen LogP contribution in [0.25, 0.3) is 0 Å². The van der Waals surface area contributed by atoms with Gasteiger partial charge in [-0.1, -0.05) is 26.0 Å². The van der Waals surface area contributed by atoms with Crippen LogP contribution < -0.4 is 0 Å². The minimum absolute atomic E-state index is 0.0630. The smallest absolute Gasteiger partial charge is 0.230 e. The molecule has 1 heterocycles. The van der Waals surface area contributed by atoms with Crippen LogP contribution >= 0.6 is 0 Å². The van der Waals surface area contributed by atoms with Crippen molar-refractivity contribution in [1.29, 1.82) is 0 Å². The molecule has 2 aliphatic carbocycles. The first-order valence-corrected chi connectivity index (χ1v) is 7.99. The second-order valence-electron chi connectivity index (χ2n) is 7.38. The van der Waals surface area contributed by atoms with Crippen molar-refractivity contribution >= 4 is 11.6 Å². The molecule has 1 aromatic carbocycles. The maximum absolute atomic E-state index is 12.8. The van der Waals surface area contributed by atoms with Gasteiger partial charge in [-0.3, -0.25) is 9.59 Å². The average Bonchev–Trinajstić information content (AvgIpc) is 2.86. The Hall–Kier alpha value is -1.90. The molecule has 2 unspecified atom stereocenters. The average molecular weight is 296 g/mol. The van der Waals surface area contributed by atoms with Gasteiger partial charge in [-0.15, -0.1) is 0 Å². The van der Waals surface area contributed by atoms with Crippen LogP contribution in [0, 0.1) is 5.92 Å². The zero-order chi connectivity index (χ0) is 15.6. The first-order valence-electron chi connectivity index (χ1n) is 7.99. The van der Waals surface area contributed by atoms with Gasteiger partial charge in [0, 0.05) is 11.1 Å². The predicted octanol–water partition coefficient (Wildman–Crippen LogP) is 3.66. The zero-order valence-corrected chi connectivity index (χ0v) is 13.2. The van der Waals surface area contributed by atoms with Crippen molar-refractivity contribution in [2.24, 2.45) is 5.92 Å². The SMILES string of the molecule is CC1=COC2c3ccc4c(c3C(=O)C(=O)C12)CCCC4(C)C. The fourth-order valence-corrected chi connectivity index (χ4v) is 4.34. The van der Waals surface area contributed by atoms with Crippen LogP contribution in [0.3, 0.4) is 0 Å². The molecule has 2 atom stereocenters. The molecule has 0 bridgehead atoms. The molecule has 1 aliphatic heterocycles. The molecule has 3 aliphatic rings. The molecule has 0 aromatic heterocycles. The molecule has 3 heteroatoms. The Morgan fingerprint density at radius 2 is 2.00 bits per heavy atom. The van der Waals surface area contributed by atoms with Gasteiger partial charge >= 0.3 is 0 Å². The lowest BCUT2D eigenvalue weighted by Crippen LogP contribution is -2.37. The van der Waals surface area contributed by atoms with Crippen molar-refractivity contribution in [3.8, 4) is 0 Å². The van der Waals surface area contributed by atoms with E-state index in [2.05, 4.69) is 19.9 Å². The fourth-order valence-electron chi connectivity index (χ4n) is 4.34. The van der Waals surface area contributed by atoms with Crippen molar-refractivity contribution in [1.82, 2.24) is 0 Å². The maximum Gasteiger partial charge on any atom is 0.230 e. The number of carbonyl (C=O) groups is 2. The third kappa shape index (κ3) is 1.62. The lowest BCUT2D eigenvalue weighted by molar-refractivity contribution is -0.120. The van der Waals surface area contributed by atoms with E-state index in [4.69, 9.17) is 4.74 Å². The van der Waals surface area contributed by atoms with Gasteiger partial charge in [-0.05, 0) is 48.3 Å². The van der Waals surface area contributed by atoms with E-state index in [9.17, 15) is 9.59 Å². The van der Waals surface area contributed by atoms with Gasteiger partial charge < -0.3 is 4.74 Å². The van der Waals surface area contributed by atoms with E-state index in [0.717, 1.165) is 36.0 Å². The Balaban J connectivity index is 1.96. The topological polar surface area (TPSA) is 43.4 Å². The number of rotatable bonds is 0. The van der Waals surface area contributed by atoms with Gasteiger partial charge in [0.1, 0.15) is 6.10 Å². The summed E-state index contributed by atoms with van der Waals surface area (Å²) >= 11 is 0. The van der Waals surface area contributed by atoms with Crippen LogP contribution in [-0.4, -0.2) is 11.6 Å². The monoisotopic (exact) mass is 296 g/mol. The van der Waals surface area contributed by atoms with Crippen molar-refractivity contribution in [3.05, 3.63) is 46.2 Å². The van der Waals surface area contributed by atoms with Crippen molar-refractivity contribution in [2.45, 2.75) is 51.6 Å². The number of benzene rings is 1. The van der Waals surface area contributed by atoms with E-state index in [0.29, 0.717) is 5.56 Å². The molecule has 0 fully saturated rings. The Morgan fingerprint density at radius 1 is 1.23 bits per heavy atom. The van der Waals surface area contributed by atoms with E-state index in [1.54, 1.807) is 6.26 Å². The molecule has 0 N–H and O–H groups in total. The van der Waals surface area contributed by atoms with Gasteiger partial charge in [0.2, 0.25) is 11.6 Å². The van der Waals surface area contributed by atoms with Gasteiger partial charge in [-0.2, -0.15) is 0 Å². The highest BCUT2D eigenvalue weighted by molar-refractivity contribution is 6.46. The van der Waals surface area contributed by atoms with E-state index in [1.807, 2.05) is 13.0 Å². The summed E-state index contributed by atoms with van der Waals surface area (Å²) in [6.07, 6.45) is 4.38. The van der Waals surface area contributed by atoms with Crippen molar-refractivity contribution in [2.75, 3.05) is 0 Å². The number of hydrogen-bond acceptors (Lipinski definition) is 3. The molecule has 1 aromatic rings. The number of Topliss-reactive ketones (excluding diaryl/α,β-unsaturated/α-hetero) is 2. The molecular formula is C19H20O3. The van der Waals surface area contributed by atoms with Gasteiger partial charge in [0.05, 0.1) is 12.2 Å². The van der Waals surface area contributed by atoms with Gasteiger partial charge in [-0.25, -0.2) is 0 Å². The number of ketones is 2. The summed E-state index contributed by atoms with van der Waals surface area (Å²) in [7, 11) is 0. The van der Waals surface area contributed by atoms with Crippen molar-refractivity contribution < 1.29 is 14.3 Å². The summed E-state index contributed by atoms with van der Waals surface area (Å²) in [5.74, 6) is -1.04. The van der Waals surface area contributed by atoms with Gasteiger partial charge in [0.15, 0.2) is 0 Å². The molecule has 22 heavy (non-hydrogen) atoms. The number of ether oxygens (including phenoxy) is 1. The van der Waals surface area contributed by atoms with Crippen LogP contribution in [0.4, 0.5) is 0 Å². The highest BCUT2D eigenvalue weighted by Crippen LogP contribution is 2.47. The third-order valence-corrected chi connectivity index (χ3v) is 5.54. The third-order valence-electron chi connectivity index (χ3n) is 5.54. The summed E-state index contributed by atoms with van der Waals surface area (Å²) in [5, 5.41) is 0. The Kier molecular flexibility index (Phi) is 2.69. The van der Waals surface area contributed by atoms with E-state index in [1.165, 1.54) is 5.56 Å². The molecule has 0 saturated heterocycles.